The highest BCUT2D eigenvalue weighted by molar-refractivity contribution is 6.03. The summed E-state index contributed by atoms with van der Waals surface area (Å²) in [5.41, 5.74) is 5.87. The molecule has 0 radical (unpaired) electrons. The number of nitrogens with two attached hydrogens (primary N) is 1. The third-order valence-corrected chi connectivity index (χ3v) is 5.38. The van der Waals surface area contributed by atoms with Crippen molar-refractivity contribution in [3.8, 4) is 23.5 Å². The van der Waals surface area contributed by atoms with Crippen molar-refractivity contribution in [2.24, 2.45) is 11.7 Å². The number of halogens is 1. The third-order valence-electron chi connectivity index (χ3n) is 5.38. The van der Waals surface area contributed by atoms with Gasteiger partial charge in [0.2, 0.25) is 12.2 Å². The van der Waals surface area contributed by atoms with Crippen LogP contribution in [0.3, 0.4) is 0 Å². The van der Waals surface area contributed by atoms with E-state index < -0.39 is 30.2 Å². The summed E-state index contributed by atoms with van der Waals surface area (Å²) in [5.74, 6) is 3.47. The summed E-state index contributed by atoms with van der Waals surface area (Å²) in [7, 11) is 1.38. The zero-order chi connectivity index (χ0) is 23.4. The Labute approximate surface area is 183 Å². The molecule has 170 valence electrons. The van der Waals surface area contributed by atoms with E-state index in [2.05, 4.69) is 22.1 Å². The molecule has 1 aliphatic heterocycles. The number of rotatable bonds is 7. The summed E-state index contributed by atoms with van der Waals surface area (Å²) in [6.07, 6.45) is -1.11. The molecule has 0 spiro atoms. The molecule has 2 heterocycles. The van der Waals surface area contributed by atoms with Crippen LogP contribution in [-0.4, -0.2) is 59.2 Å². The summed E-state index contributed by atoms with van der Waals surface area (Å²) in [5, 5.41) is 21.7. The molecule has 3 rings (SSSR count). The first-order valence-corrected chi connectivity index (χ1v) is 10.0. The molecule has 2 amide bonds. The molecule has 0 aliphatic carbocycles. The van der Waals surface area contributed by atoms with Crippen LogP contribution in [0, 0.1) is 17.8 Å². The topological polar surface area (TPSA) is 144 Å². The molecule has 1 aromatic carbocycles. The SMILES string of the molecule is CC[C@@H]1[C@H](F)C(=O)N[C@@H]1CCOc1ncc(C#CC(O)O)c2cc(C(N)=O)c(OC)cc12. The van der Waals surface area contributed by atoms with Crippen molar-refractivity contribution < 1.29 is 33.7 Å². The first kappa shape index (κ1) is 23.2. The van der Waals surface area contributed by atoms with Crippen molar-refractivity contribution in [1.29, 1.82) is 0 Å². The lowest BCUT2D eigenvalue weighted by Crippen LogP contribution is -2.30. The number of carbonyl (C=O) groups is 2. The maximum Gasteiger partial charge on any atom is 0.255 e. The number of hydrogen-bond acceptors (Lipinski definition) is 7. The molecule has 3 atom stereocenters. The summed E-state index contributed by atoms with van der Waals surface area (Å²) in [6.45, 7) is 1.97. The lowest BCUT2D eigenvalue weighted by Gasteiger charge is -2.18. The molecule has 2 aromatic rings. The van der Waals surface area contributed by atoms with E-state index in [1.165, 1.54) is 25.4 Å². The molecule has 1 aromatic heterocycles. The Bertz CT molecular complexity index is 1090. The fourth-order valence-corrected chi connectivity index (χ4v) is 3.79. The number of hydrogen-bond donors (Lipinski definition) is 4. The predicted molar refractivity (Wildman–Crippen MR) is 113 cm³/mol. The molecule has 0 bridgehead atoms. The minimum absolute atomic E-state index is 0.109. The summed E-state index contributed by atoms with van der Waals surface area (Å²) < 4.78 is 25.1. The number of ether oxygens (including phenoxy) is 2. The summed E-state index contributed by atoms with van der Waals surface area (Å²) >= 11 is 0. The highest BCUT2D eigenvalue weighted by Crippen LogP contribution is 2.33. The monoisotopic (exact) mass is 445 g/mol. The molecule has 1 fully saturated rings. The van der Waals surface area contributed by atoms with Crippen LogP contribution in [0.4, 0.5) is 4.39 Å². The van der Waals surface area contributed by atoms with E-state index in [-0.39, 0.29) is 29.8 Å². The number of primary amides is 1. The van der Waals surface area contributed by atoms with Gasteiger partial charge in [-0.3, -0.25) is 9.59 Å². The second-order valence-corrected chi connectivity index (χ2v) is 7.31. The Balaban J connectivity index is 1.93. The molecule has 5 N–H and O–H groups in total. The maximum atomic E-state index is 14.0. The minimum Gasteiger partial charge on any atom is -0.496 e. The van der Waals surface area contributed by atoms with Gasteiger partial charge in [-0.2, -0.15) is 0 Å². The van der Waals surface area contributed by atoms with E-state index in [9.17, 15) is 14.0 Å². The van der Waals surface area contributed by atoms with Crippen LogP contribution in [0.5, 0.6) is 11.6 Å². The number of carbonyl (C=O) groups excluding carboxylic acids is 2. The summed E-state index contributed by atoms with van der Waals surface area (Å²) in [6, 6.07) is 2.65. The number of amides is 2. The largest absolute Gasteiger partial charge is 0.496 e. The number of methoxy groups -OCH3 is 1. The van der Waals surface area contributed by atoms with Gasteiger partial charge in [0, 0.05) is 35.3 Å². The first-order chi connectivity index (χ1) is 15.3. The molecule has 0 saturated carbocycles. The van der Waals surface area contributed by atoms with Crippen molar-refractivity contribution in [3.05, 3.63) is 29.5 Å². The third kappa shape index (κ3) is 4.74. The zero-order valence-corrected chi connectivity index (χ0v) is 17.6. The van der Waals surface area contributed by atoms with E-state index in [1.807, 2.05) is 6.92 Å². The van der Waals surface area contributed by atoms with Crippen molar-refractivity contribution in [2.75, 3.05) is 13.7 Å². The average Bonchev–Trinajstić information content (AvgIpc) is 3.04. The van der Waals surface area contributed by atoms with Gasteiger partial charge in [-0.15, -0.1) is 0 Å². The van der Waals surface area contributed by atoms with Gasteiger partial charge in [0.15, 0.2) is 6.17 Å². The highest BCUT2D eigenvalue weighted by Gasteiger charge is 2.41. The number of pyridine rings is 1. The molecule has 1 aliphatic rings. The average molecular weight is 445 g/mol. The Kier molecular flexibility index (Phi) is 7.12. The van der Waals surface area contributed by atoms with E-state index >= 15 is 0 Å². The van der Waals surface area contributed by atoms with Gasteiger partial charge in [0.25, 0.3) is 11.8 Å². The normalized spacial score (nSPS) is 20.1. The minimum atomic E-state index is -1.85. The molecule has 10 heteroatoms. The maximum absolute atomic E-state index is 14.0. The van der Waals surface area contributed by atoms with Gasteiger partial charge < -0.3 is 30.7 Å². The van der Waals surface area contributed by atoms with Crippen molar-refractivity contribution >= 4 is 22.6 Å². The number of nitrogens with zero attached hydrogens (tertiary/aromatic N) is 1. The fourth-order valence-electron chi connectivity index (χ4n) is 3.79. The molecular formula is C22H24FN3O6. The number of alkyl halides is 1. The number of aliphatic hydroxyl groups excluding tert-OH is 1. The molecule has 0 unspecified atom stereocenters. The predicted octanol–water partition coefficient (Wildman–Crippen LogP) is 0.636. The summed E-state index contributed by atoms with van der Waals surface area (Å²) in [4.78, 5) is 27.7. The van der Waals surface area contributed by atoms with E-state index in [4.69, 9.17) is 25.4 Å². The lowest BCUT2D eigenvalue weighted by atomic mass is 9.94. The fraction of sp³-hybridized carbons (Fsp3) is 0.409. The standard InChI is InChI=1S/C22H24FN3O6/c1-3-12-16(26-21(30)19(12)23)6-7-32-22-14-9-17(31-2)15(20(24)29)8-13(14)11(10-25-22)4-5-18(27)28/h8-10,12,16,18-19,27-28H,3,6-7H2,1-2H3,(H2,24,29)(H,26,30)/t12-,16+,19-/m0/s1. The van der Waals surface area contributed by atoms with E-state index in [0.717, 1.165) is 0 Å². The zero-order valence-electron chi connectivity index (χ0n) is 17.6. The van der Waals surface area contributed by atoms with Gasteiger partial charge in [0.1, 0.15) is 5.75 Å². The van der Waals surface area contributed by atoms with Crippen LogP contribution in [-0.2, 0) is 4.79 Å². The van der Waals surface area contributed by atoms with E-state index in [0.29, 0.717) is 29.2 Å². The van der Waals surface area contributed by atoms with Crippen molar-refractivity contribution in [2.45, 2.75) is 38.3 Å². The van der Waals surface area contributed by atoms with Gasteiger partial charge in [-0.05, 0) is 24.5 Å². The number of fused-ring (bicyclic) bond motifs is 1. The number of aromatic nitrogens is 1. The van der Waals surface area contributed by atoms with Gasteiger partial charge in [-0.1, -0.05) is 12.8 Å². The van der Waals surface area contributed by atoms with Crippen LogP contribution in [0.2, 0.25) is 0 Å². The number of nitrogens with one attached hydrogen (secondary N) is 1. The first-order valence-electron chi connectivity index (χ1n) is 10.0. The van der Waals surface area contributed by atoms with Crippen LogP contribution >= 0.6 is 0 Å². The molecule has 32 heavy (non-hydrogen) atoms. The Hall–Kier alpha value is -3.42. The van der Waals surface area contributed by atoms with E-state index in [1.54, 1.807) is 0 Å². The Morgan fingerprint density at radius 3 is 2.75 bits per heavy atom. The highest BCUT2D eigenvalue weighted by atomic mass is 19.1. The molecule has 1 saturated heterocycles. The molecular weight excluding hydrogens is 421 g/mol. The van der Waals surface area contributed by atoms with Crippen molar-refractivity contribution in [3.63, 3.8) is 0 Å². The van der Waals surface area contributed by atoms with Crippen molar-refractivity contribution in [1.82, 2.24) is 10.3 Å². The quantitative estimate of drug-likeness (QED) is 0.362. The van der Waals surface area contributed by atoms with Crippen LogP contribution in [0.25, 0.3) is 10.8 Å². The second-order valence-electron chi connectivity index (χ2n) is 7.31. The van der Waals surface area contributed by atoms with Gasteiger partial charge >= 0.3 is 0 Å². The number of benzene rings is 1. The lowest BCUT2D eigenvalue weighted by molar-refractivity contribution is -0.123. The molecule has 9 nitrogen and oxygen atoms in total. The van der Waals surface area contributed by atoms with Gasteiger partial charge in [-0.25, -0.2) is 9.37 Å². The van der Waals surface area contributed by atoms with Crippen LogP contribution in [0.1, 0.15) is 35.7 Å². The van der Waals surface area contributed by atoms with Crippen LogP contribution in [0.15, 0.2) is 18.3 Å². The van der Waals surface area contributed by atoms with Gasteiger partial charge in [0.05, 0.1) is 24.8 Å². The number of aliphatic hydroxyl groups is 2. The Morgan fingerprint density at radius 2 is 2.12 bits per heavy atom. The second kappa shape index (κ2) is 9.80. The van der Waals surface area contributed by atoms with Crippen LogP contribution < -0.4 is 20.5 Å². The smallest absolute Gasteiger partial charge is 0.255 e. The Morgan fingerprint density at radius 1 is 1.38 bits per heavy atom.